The molecule has 2 nitrogen and oxygen atoms in total. The van der Waals surface area contributed by atoms with Crippen molar-refractivity contribution in [3.05, 3.63) is 140 Å². The van der Waals surface area contributed by atoms with Crippen molar-refractivity contribution in [2.75, 3.05) is 0 Å². The van der Waals surface area contributed by atoms with E-state index in [1.54, 1.807) is 6.26 Å². The Hall–Kier alpha value is -5.38. The molecule has 3 heterocycles. The van der Waals surface area contributed by atoms with E-state index < -0.39 is 0 Å². The van der Waals surface area contributed by atoms with Gasteiger partial charge in [0.05, 0.1) is 17.3 Å². The highest BCUT2D eigenvalue weighted by atomic mass is 32.1. The average Bonchev–Trinajstić information content (AvgIpc) is 3.77. The normalized spacial score (nSPS) is 12.2. The van der Waals surface area contributed by atoms with Crippen molar-refractivity contribution in [1.29, 1.82) is 0 Å². The summed E-state index contributed by atoms with van der Waals surface area (Å²) in [5.74, 6) is 0. The number of thiophene rings is 1. The summed E-state index contributed by atoms with van der Waals surface area (Å²) in [5, 5.41) is 11.4. The van der Waals surface area contributed by atoms with Crippen LogP contribution in [0.5, 0.6) is 0 Å². The van der Waals surface area contributed by atoms with Crippen LogP contribution in [0.15, 0.2) is 144 Å². The second-order valence-electron chi connectivity index (χ2n) is 11.3. The fourth-order valence-corrected chi connectivity index (χ4v) is 8.37. The molecule has 0 bridgehead atoms. The van der Waals surface area contributed by atoms with Crippen LogP contribution < -0.4 is 0 Å². The number of nitrogens with zero attached hydrogens (tertiary/aromatic N) is 1. The van der Waals surface area contributed by atoms with E-state index in [1.807, 2.05) is 11.3 Å². The zero-order chi connectivity index (χ0) is 28.1. The van der Waals surface area contributed by atoms with E-state index in [0.717, 1.165) is 11.0 Å². The summed E-state index contributed by atoms with van der Waals surface area (Å²) in [5.41, 5.74) is 6.98. The maximum atomic E-state index is 5.87. The molecular weight excluding hydrogens is 543 g/mol. The first-order valence-electron chi connectivity index (χ1n) is 14.6. The topological polar surface area (TPSA) is 18.1 Å². The van der Waals surface area contributed by atoms with Gasteiger partial charge in [-0.1, -0.05) is 72.8 Å². The fourth-order valence-electron chi connectivity index (χ4n) is 7.11. The zero-order valence-corrected chi connectivity index (χ0v) is 23.9. The number of aromatic nitrogens is 1. The summed E-state index contributed by atoms with van der Waals surface area (Å²) >= 11 is 1.90. The van der Waals surface area contributed by atoms with Gasteiger partial charge in [0, 0.05) is 47.4 Å². The van der Waals surface area contributed by atoms with Crippen LogP contribution in [0.1, 0.15) is 0 Å². The molecule has 7 aromatic carbocycles. The third kappa shape index (κ3) is 3.23. The fraction of sp³-hybridized carbons (Fsp3) is 0. The van der Waals surface area contributed by atoms with Gasteiger partial charge in [-0.15, -0.1) is 11.3 Å². The lowest BCUT2D eigenvalue weighted by Crippen LogP contribution is -1.93. The Morgan fingerprint density at radius 1 is 0.512 bits per heavy atom. The van der Waals surface area contributed by atoms with Crippen LogP contribution in [0.4, 0.5) is 0 Å². The minimum atomic E-state index is 0.919. The average molecular weight is 566 g/mol. The molecule has 0 fully saturated rings. The van der Waals surface area contributed by atoms with E-state index in [-0.39, 0.29) is 0 Å². The molecule has 3 heteroatoms. The van der Waals surface area contributed by atoms with E-state index >= 15 is 0 Å². The predicted molar refractivity (Wildman–Crippen MR) is 184 cm³/mol. The molecule has 3 aromatic heterocycles. The summed E-state index contributed by atoms with van der Waals surface area (Å²) in [7, 11) is 0. The lowest BCUT2D eigenvalue weighted by molar-refractivity contribution is 0.616. The lowest BCUT2D eigenvalue weighted by atomic mass is 9.91. The smallest absolute Gasteiger partial charge is 0.134 e. The summed E-state index contributed by atoms with van der Waals surface area (Å²) in [6.07, 6.45) is 1.79. The molecule has 0 amide bonds. The number of fused-ring (bicyclic) bond motifs is 11. The number of rotatable bonds is 2. The first-order chi connectivity index (χ1) is 21.3. The number of hydrogen-bond donors (Lipinski definition) is 0. The SMILES string of the molecule is c1ccc(-n2c3ccccc3c3cc(-c4cc5cc6occc6cc5c5c4ccc4c6ccccc6sc45)ccc32)cc1. The van der Waals surface area contributed by atoms with Crippen LogP contribution in [0.25, 0.3) is 91.3 Å². The van der Waals surface area contributed by atoms with E-state index in [2.05, 4.69) is 138 Å². The van der Waals surface area contributed by atoms with Crippen molar-refractivity contribution in [2.24, 2.45) is 0 Å². The molecule has 0 unspecified atom stereocenters. The molecule has 0 saturated heterocycles. The second-order valence-corrected chi connectivity index (χ2v) is 12.4. The van der Waals surface area contributed by atoms with Crippen LogP contribution in [0.2, 0.25) is 0 Å². The lowest BCUT2D eigenvalue weighted by Gasteiger charge is -2.13. The van der Waals surface area contributed by atoms with Gasteiger partial charge in [0.25, 0.3) is 0 Å². The third-order valence-corrected chi connectivity index (χ3v) is 10.2. The molecule has 0 aliphatic rings. The predicted octanol–water partition coefficient (Wildman–Crippen LogP) is 11.9. The molecule has 0 radical (unpaired) electrons. The van der Waals surface area contributed by atoms with Gasteiger partial charge in [-0.3, -0.25) is 0 Å². The Labute approximate surface area is 250 Å². The molecule has 0 saturated carbocycles. The van der Waals surface area contributed by atoms with Crippen molar-refractivity contribution in [3.8, 4) is 16.8 Å². The van der Waals surface area contributed by atoms with Crippen LogP contribution in [0.3, 0.4) is 0 Å². The highest BCUT2D eigenvalue weighted by molar-refractivity contribution is 7.26. The first-order valence-corrected chi connectivity index (χ1v) is 15.4. The van der Waals surface area contributed by atoms with Gasteiger partial charge in [-0.2, -0.15) is 0 Å². The van der Waals surface area contributed by atoms with Crippen LogP contribution in [-0.4, -0.2) is 4.57 Å². The molecule has 200 valence electrons. The highest BCUT2D eigenvalue weighted by Gasteiger charge is 2.18. The minimum absolute atomic E-state index is 0.919. The minimum Gasteiger partial charge on any atom is -0.464 e. The molecule has 43 heavy (non-hydrogen) atoms. The molecule has 10 aromatic rings. The Bertz CT molecular complexity index is 2720. The van der Waals surface area contributed by atoms with Gasteiger partial charge < -0.3 is 8.98 Å². The number of hydrogen-bond acceptors (Lipinski definition) is 2. The second kappa shape index (κ2) is 8.57. The Balaban J connectivity index is 1.34. The van der Waals surface area contributed by atoms with E-state index in [4.69, 9.17) is 4.42 Å². The van der Waals surface area contributed by atoms with Gasteiger partial charge in [-0.05, 0) is 87.9 Å². The van der Waals surface area contributed by atoms with E-state index in [0.29, 0.717) is 0 Å². The summed E-state index contributed by atoms with van der Waals surface area (Å²) in [4.78, 5) is 0. The largest absolute Gasteiger partial charge is 0.464 e. The molecule has 0 N–H and O–H groups in total. The van der Waals surface area contributed by atoms with Crippen LogP contribution in [0, 0.1) is 0 Å². The monoisotopic (exact) mass is 565 g/mol. The van der Waals surface area contributed by atoms with Crippen LogP contribution in [-0.2, 0) is 0 Å². The first kappa shape index (κ1) is 23.2. The van der Waals surface area contributed by atoms with Gasteiger partial charge in [0.1, 0.15) is 5.58 Å². The van der Waals surface area contributed by atoms with Gasteiger partial charge in [-0.25, -0.2) is 0 Å². The maximum absolute atomic E-state index is 5.87. The zero-order valence-electron chi connectivity index (χ0n) is 23.0. The molecule has 0 atom stereocenters. The molecule has 0 aliphatic heterocycles. The number of para-hydroxylation sites is 2. The number of furan rings is 1. The molecular formula is C40H23NOS. The third-order valence-electron chi connectivity index (χ3n) is 9.03. The Morgan fingerprint density at radius 2 is 1.30 bits per heavy atom. The summed E-state index contributed by atoms with van der Waals surface area (Å²) < 4.78 is 10.9. The summed E-state index contributed by atoms with van der Waals surface area (Å²) in [6.45, 7) is 0. The Morgan fingerprint density at radius 3 is 2.23 bits per heavy atom. The van der Waals surface area contributed by atoms with Crippen molar-refractivity contribution in [3.63, 3.8) is 0 Å². The standard InChI is InChI=1S/C40H23NOS/c1-2-8-27(9-3-1)41-35-12-6-4-10-28(35)34-20-24(14-17-36(34)41)32-22-26-23-37-25(18-19-42-37)21-33(26)39-30(32)15-16-31-29-11-5-7-13-38(29)43-40(31)39/h1-23H. The molecule has 0 spiro atoms. The molecule has 0 aliphatic carbocycles. The summed E-state index contributed by atoms with van der Waals surface area (Å²) in [6, 6.07) is 48.7. The van der Waals surface area contributed by atoms with E-state index in [9.17, 15) is 0 Å². The number of benzene rings is 7. The Kier molecular flexibility index (Phi) is 4.63. The van der Waals surface area contributed by atoms with Crippen LogP contribution >= 0.6 is 11.3 Å². The molecule has 10 rings (SSSR count). The highest BCUT2D eigenvalue weighted by Crippen LogP contribution is 2.46. The van der Waals surface area contributed by atoms with Gasteiger partial charge in [0.2, 0.25) is 0 Å². The van der Waals surface area contributed by atoms with Gasteiger partial charge in [0.15, 0.2) is 0 Å². The maximum Gasteiger partial charge on any atom is 0.134 e. The quantitative estimate of drug-likeness (QED) is 0.191. The van der Waals surface area contributed by atoms with Gasteiger partial charge >= 0.3 is 0 Å². The van der Waals surface area contributed by atoms with Crippen molar-refractivity contribution in [2.45, 2.75) is 0 Å². The van der Waals surface area contributed by atoms with Crippen molar-refractivity contribution < 1.29 is 4.42 Å². The van der Waals surface area contributed by atoms with Crippen molar-refractivity contribution in [1.82, 2.24) is 4.57 Å². The van der Waals surface area contributed by atoms with E-state index in [1.165, 1.54) is 80.3 Å². The van der Waals surface area contributed by atoms with Crippen molar-refractivity contribution >= 4 is 85.8 Å².